The zero-order valence-electron chi connectivity index (χ0n) is 14.4. The Morgan fingerprint density at radius 2 is 1.52 bits per heavy atom. The van der Waals surface area contributed by atoms with Gasteiger partial charge in [-0.05, 0) is 36.8 Å². The molecule has 0 radical (unpaired) electrons. The highest BCUT2D eigenvalue weighted by molar-refractivity contribution is 5.85. The van der Waals surface area contributed by atoms with Gasteiger partial charge in [-0.25, -0.2) is 0 Å². The molecule has 0 aliphatic rings. The van der Waals surface area contributed by atoms with Crippen molar-refractivity contribution in [1.29, 1.82) is 0 Å². The largest absolute Gasteiger partial charge is 0.497 e. The average Bonchev–Trinajstić information content (AvgIpc) is 2.64. The molecule has 0 unspecified atom stereocenters. The van der Waals surface area contributed by atoms with Gasteiger partial charge in [-0.2, -0.15) is 0 Å². The van der Waals surface area contributed by atoms with Crippen LogP contribution in [0.3, 0.4) is 0 Å². The highest BCUT2D eigenvalue weighted by Crippen LogP contribution is 2.16. The molecule has 0 spiro atoms. The van der Waals surface area contributed by atoms with Crippen molar-refractivity contribution in [2.75, 3.05) is 20.3 Å². The predicted molar refractivity (Wildman–Crippen MR) is 94.5 cm³/mol. The average molecular weight is 342 g/mol. The van der Waals surface area contributed by atoms with Gasteiger partial charge in [0.15, 0.2) is 6.61 Å². The maximum absolute atomic E-state index is 11.8. The number of carbonyl (C=O) groups is 2. The number of hydrogen-bond donors (Lipinski definition) is 2. The molecular formula is C19H22N2O4. The van der Waals surface area contributed by atoms with Crippen molar-refractivity contribution in [3.8, 4) is 11.5 Å². The van der Waals surface area contributed by atoms with Gasteiger partial charge in [0, 0.05) is 6.54 Å². The molecule has 0 aromatic heterocycles. The van der Waals surface area contributed by atoms with E-state index in [1.54, 1.807) is 31.4 Å². The lowest BCUT2D eigenvalue weighted by molar-refractivity contribution is -0.127. The summed E-state index contributed by atoms with van der Waals surface area (Å²) in [6, 6.07) is 14.8. The second-order valence-electron chi connectivity index (χ2n) is 5.50. The third-order valence-corrected chi connectivity index (χ3v) is 3.49. The van der Waals surface area contributed by atoms with Crippen LogP contribution in [0.25, 0.3) is 0 Å². The molecule has 2 amide bonds. The topological polar surface area (TPSA) is 76.7 Å². The van der Waals surface area contributed by atoms with E-state index in [0.717, 1.165) is 5.56 Å². The predicted octanol–water partition coefficient (Wildman–Crippen LogP) is 1.82. The van der Waals surface area contributed by atoms with E-state index < -0.39 is 0 Å². The SMILES string of the molecule is COc1ccc(OCC(=O)NCC(=O)NCc2ccc(C)cc2)cc1. The van der Waals surface area contributed by atoms with Crippen molar-refractivity contribution in [2.24, 2.45) is 0 Å². The first-order valence-corrected chi connectivity index (χ1v) is 7.92. The van der Waals surface area contributed by atoms with Gasteiger partial charge in [0.1, 0.15) is 11.5 Å². The Labute approximate surface area is 147 Å². The van der Waals surface area contributed by atoms with Gasteiger partial charge >= 0.3 is 0 Å². The lowest BCUT2D eigenvalue weighted by Crippen LogP contribution is -2.38. The number of hydrogen-bond acceptors (Lipinski definition) is 4. The second-order valence-corrected chi connectivity index (χ2v) is 5.50. The zero-order valence-corrected chi connectivity index (χ0v) is 14.4. The number of amides is 2. The molecule has 0 saturated carbocycles. The van der Waals surface area contributed by atoms with Gasteiger partial charge in [-0.1, -0.05) is 29.8 Å². The standard InChI is InChI=1S/C19H22N2O4/c1-14-3-5-15(6-4-14)11-20-18(22)12-21-19(23)13-25-17-9-7-16(24-2)8-10-17/h3-10H,11-13H2,1-2H3,(H,20,22)(H,21,23). The summed E-state index contributed by atoms with van der Waals surface area (Å²) in [7, 11) is 1.58. The van der Waals surface area contributed by atoms with Crippen LogP contribution >= 0.6 is 0 Å². The number of aryl methyl sites for hydroxylation is 1. The smallest absolute Gasteiger partial charge is 0.258 e. The number of ether oxygens (including phenoxy) is 2. The Bertz CT molecular complexity index is 696. The third-order valence-electron chi connectivity index (χ3n) is 3.49. The van der Waals surface area contributed by atoms with Crippen LogP contribution in [0.5, 0.6) is 11.5 Å². The number of carbonyl (C=O) groups excluding carboxylic acids is 2. The molecule has 6 heteroatoms. The molecule has 0 fully saturated rings. The molecule has 6 nitrogen and oxygen atoms in total. The second kappa shape index (κ2) is 9.32. The van der Waals surface area contributed by atoms with E-state index in [2.05, 4.69) is 10.6 Å². The van der Waals surface area contributed by atoms with E-state index in [1.165, 1.54) is 5.56 Å². The highest BCUT2D eigenvalue weighted by Gasteiger charge is 2.06. The summed E-state index contributed by atoms with van der Waals surface area (Å²) in [4.78, 5) is 23.5. The zero-order chi connectivity index (χ0) is 18.1. The summed E-state index contributed by atoms with van der Waals surface area (Å²) in [6.45, 7) is 2.19. The van der Waals surface area contributed by atoms with Crippen LogP contribution in [0.4, 0.5) is 0 Å². The molecule has 0 atom stereocenters. The van der Waals surface area contributed by atoms with Gasteiger partial charge in [0.25, 0.3) is 5.91 Å². The normalized spacial score (nSPS) is 10.0. The molecular weight excluding hydrogens is 320 g/mol. The minimum absolute atomic E-state index is 0.0866. The highest BCUT2D eigenvalue weighted by atomic mass is 16.5. The monoisotopic (exact) mass is 342 g/mol. The van der Waals surface area contributed by atoms with E-state index in [-0.39, 0.29) is 25.0 Å². The van der Waals surface area contributed by atoms with Crippen molar-refractivity contribution in [3.63, 3.8) is 0 Å². The lowest BCUT2D eigenvalue weighted by atomic mass is 10.1. The Morgan fingerprint density at radius 3 is 2.16 bits per heavy atom. The molecule has 2 N–H and O–H groups in total. The first-order chi connectivity index (χ1) is 12.1. The summed E-state index contributed by atoms with van der Waals surface area (Å²) >= 11 is 0. The number of nitrogens with one attached hydrogen (secondary N) is 2. The Balaban J connectivity index is 1.64. The molecule has 25 heavy (non-hydrogen) atoms. The maximum Gasteiger partial charge on any atom is 0.258 e. The molecule has 0 heterocycles. The fourth-order valence-electron chi connectivity index (χ4n) is 2.02. The summed E-state index contributed by atoms with van der Waals surface area (Å²) in [6.07, 6.45) is 0. The van der Waals surface area contributed by atoms with Crippen LogP contribution in [-0.2, 0) is 16.1 Å². The molecule has 2 aromatic carbocycles. The molecule has 132 valence electrons. The van der Waals surface area contributed by atoms with E-state index in [1.807, 2.05) is 31.2 Å². The maximum atomic E-state index is 11.8. The van der Waals surface area contributed by atoms with E-state index in [0.29, 0.717) is 18.0 Å². The number of methoxy groups -OCH3 is 1. The van der Waals surface area contributed by atoms with Crippen LogP contribution < -0.4 is 20.1 Å². The van der Waals surface area contributed by atoms with Gasteiger partial charge in [-0.15, -0.1) is 0 Å². The van der Waals surface area contributed by atoms with Crippen molar-refractivity contribution in [2.45, 2.75) is 13.5 Å². The molecule has 2 aromatic rings. The van der Waals surface area contributed by atoms with Crippen LogP contribution in [0.1, 0.15) is 11.1 Å². The molecule has 2 rings (SSSR count). The molecule has 0 bridgehead atoms. The van der Waals surface area contributed by atoms with Crippen molar-refractivity contribution >= 4 is 11.8 Å². The molecule has 0 aliphatic heterocycles. The fourth-order valence-corrected chi connectivity index (χ4v) is 2.02. The van der Waals surface area contributed by atoms with Crippen molar-refractivity contribution in [3.05, 3.63) is 59.7 Å². The van der Waals surface area contributed by atoms with Crippen LogP contribution in [0.15, 0.2) is 48.5 Å². The number of benzene rings is 2. The van der Waals surface area contributed by atoms with Gasteiger partial charge in [0.2, 0.25) is 5.91 Å². The minimum atomic E-state index is -0.360. The van der Waals surface area contributed by atoms with Crippen LogP contribution in [0, 0.1) is 6.92 Å². The van der Waals surface area contributed by atoms with Gasteiger partial charge in [0.05, 0.1) is 13.7 Å². The number of rotatable bonds is 8. The first kappa shape index (κ1) is 18.3. The Morgan fingerprint density at radius 1 is 0.880 bits per heavy atom. The summed E-state index contributed by atoms with van der Waals surface area (Å²) in [5.41, 5.74) is 2.17. The Hall–Kier alpha value is -3.02. The summed E-state index contributed by atoms with van der Waals surface area (Å²) < 4.78 is 10.4. The first-order valence-electron chi connectivity index (χ1n) is 7.92. The Kier molecular flexibility index (Phi) is 6.83. The quantitative estimate of drug-likeness (QED) is 0.767. The molecule has 0 aliphatic carbocycles. The van der Waals surface area contributed by atoms with Crippen molar-refractivity contribution in [1.82, 2.24) is 10.6 Å². The van der Waals surface area contributed by atoms with Gasteiger partial charge in [-0.3, -0.25) is 9.59 Å². The van der Waals surface area contributed by atoms with Crippen LogP contribution in [-0.4, -0.2) is 32.1 Å². The minimum Gasteiger partial charge on any atom is -0.497 e. The summed E-state index contributed by atoms with van der Waals surface area (Å²) in [5, 5.41) is 5.27. The van der Waals surface area contributed by atoms with E-state index in [9.17, 15) is 9.59 Å². The molecule has 0 saturated heterocycles. The van der Waals surface area contributed by atoms with E-state index >= 15 is 0 Å². The fraction of sp³-hybridized carbons (Fsp3) is 0.263. The van der Waals surface area contributed by atoms with Crippen LogP contribution in [0.2, 0.25) is 0 Å². The lowest BCUT2D eigenvalue weighted by Gasteiger charge is -2.09. The van der Waals surface area contributed by atoms with Crippen molar-refractivity contribution < 1.29 is 19.1 Å². The third kappa shape index (κ3) is 6.55. The summed E-state index contributed by atoms with van der Waals surface area (Å²) in [5.74, 6) is 0.654. The van der Waals surface area contributed by atoms with E-state index in [4.69, 9.17) is 9.47 Å². The van der Waals surface area contributed by atoms with Gasteiger partial charge < -0.3 is 20.1 Å².